The van der Waals surface area contributed by atoms with E-state index in [4.69, 9.17) is 4.42 Å². The van der Waals surface area contributed by atoms with Gasteiger partial charge in [-0.2, -0.15) is 0 Å². The van der Waals surface area contributed by atoms with Gasteiger partial charge in [0.2, 0.25) is 0 Å². The van der Waals surface area contributed by atoms with Crippen LogP contribution in [0.2, 0.25) is 0 Å². The van der Waals surface area contributed by atoms with Crippen LogP contribution in [0.5, 0.6) is 0 Å². The van der Waals surface area contributed by atoms with Gasteiger partial charge in [0.05, 0.1) is 12.3 Å². The predicted octanol–water partition coefficient (Wildman–Crippen LogP) is 2.52. The number of urea groups is 1. The van der Waals surface area contributed by atoms with Crippen LogP contribution in [0, 0.1) is 0 Å². The molecule has 1 atom stereocenters. The Kier molecular flexibility index (Phi) is 5.92. The lowest BCUT2D eigenvalue weighted by atomic mass is 10.1. The van der Waals surface area contributed by atoms with Gasteiger partial charge >= 0.3 is 6.03 Å². The van der Waals surface area contributed by atoms with Crippen LogP contribution >= 0.6 is 0 Å². The van der Waals surface area contributed by atoms with Crippen molar-refractivity contribution in [2.75, 3.05) is 26.2 Å². The molecule has 1 unspecified atom stereocenters. The smallest absolute Gasteiger partial charge is 0.314 e. The molecule has 1 aromatic rings. The van der Waals surface area contributed by atoms with Crippen molar-refractivity contribution in [1.29, 1.82) is 0 Å². The van der Waals surface area contributed by atoms with Crippen LogP contribution in [0.1, 0.15) is 44.4 Å². The SMILES string of the molecule is CCCNC(=O)NCC(c1ccco1)N1CCCCC1. The van der Waals surface area contributed by atoms with Gasteiger partial charge in [0, 0.05) is 13.1 Å². The van der Waals surface area contributed by atoms with Gasteiger partial charge in [0.1, 0.15) is 5.76 Å². The van der Waals surface area contributed by atoms with Crippen LogP contribution in [0.25, 0.3) is 0 Å². The van der Waals surface area contributed by atoms with Gasteiger partial charge in [-0.15, -0.1) is 0 Å². The van der Waals surface area contributed by atoms with Crippen molar-refractivity contribution < 1.29 is 9.21 Å². The molecule has 5 heteroatoms. The molecule has 2 N–H and O–H groups in total. The Balaban J connectivity index is 1.91. The van der Waals surface area contributed by atoms with E-state index < -0.39 is 0 Å². The number of nitrogens with zero attached hydrogens (tertiary/aromatic N) is 1. The number of carbonyl (C=O) groups is 1. The minimum Gasteiger partial charge on any atom is -0.468 e. The normalized spacial score (nSPS) is 17.6. The molecule has 0 saturated carbocycles. The maximum Gasteiger partial charge on any atom is 0.314 e. The van der Waals surface area contributed by atoms with Crippen LogP contribution in [0.4, 0.5) is 4.79 Å². The molecule has 1 fully saturated rings. The zero-order valence-electron chi connectivity index (χ0n) is 12.2. The summed E-state index contributed by atoms with van der Waals surface area (Å²) >= 11 is 0. The summed E-state index contributed by atoms with van der Waals surface area (Å²) in [6.07, 6.45) is 6.38. The van der Waals surface area contributed by atoms with E-state index in [1.165, 1.54) is 19.3 Å². The summed E-state index contributed by atoms with van der Waals surface area (Å²) in [5.41, 5.74) is 0. The van der Waals surface area contributed by atoms with E-state index in [9.17, 15) is 4.79 Å². The molecule has 2 heterocycles. The van der Waals surface area contributed by atoms with Crippen molar-refractivity contribution >= 4 is 6.03 Å². The number of hydrogen-bond acceptors (Lipinski definition) is 3. The number of rotatable bonds is 6. The first-order chi connectivity index (χ1) is 9.81. The fraction of sp³-hybridized carbons (Fsp3) is 0.667. The molecule has 0 spiro atoms. The molecule has 5 nitrogen and oxygen atoms in total. The molecule has 0 aliphatic carbocycles. The second-order valence-corrected chi connectivity index (χ2v) is 5.26. The number of nitrogens with one attached hydrogen (secondary N) is 2. The molecule has 0 radical (unpaired) electrons. The maximum atomic E-state index is 11.7. The van der Waals surface area contributed by atoms with Gasteiger partial charge in [0.15, 0.2) is 0 Å². The average Bonchev–Trinajstić information content (AvgIpc) is 3.00. The highest BCUT2D eigenvalue weighted by Crippen LogP contribution is 2.24. The van der Waals surface area contributed by atoms with Crippen LogP contribution in [0.15, 0.2) is 22.8 Å². The number of hydrogen-bond donors (Lipinski definition) is 2. The fourth-order valence-electron chi connectivity index (χ4n) is 2.61. The highest BCUT2D eigenvalue weighted by molar-refractivity contribution is 5.73. The molecule has 1 aliphatic rings. The van der Waals surface area contributed by atoms with Crippen molar-refractivity contribution in [2.24, 2.45) is 0 Å². The van der Waals surface area contributed by atoms with Gasteiger partial charge in [-0.3, -0.25) is 4.90 Å². The molecule has 1 aliphatic heterocycles. The average molecular weight is 279 g/mol. The molecule has 2 amide bonds. The molecule has 20 heavy (non-hydrogen) atoms. The zero-order chi connectivity index (χ0) is 14.2. The van der Waals surface area contributed by atoms with E-state index in [-0.39, 0.29) is 12.1 Å². The largest absolute Gasteiger partial charge is 0.468 e. The molecular formula is C15H25N3O2. The molecule has 0 bridgehead atoms. The molecule has 1 saturated heterocycles. The first-order valence-corrected chi connectivity index (χ1v) is 7.60. The van der Waals surface area contributed by atoms with E-state index in [2.05, 4.69) is 15.5 Å². The summed E-state index contributed by atoms with van der Waals surface area (Å²) in [5, 5.41) is 5.79. The van der Waals surface area contributed by atoms with Crippen molar-refractivity contribution in [3.8, 4) is 0 Å². The van der Waals surface area contributed by atoms with Gasteiger partial charge in [0.25, 0.3) is 0 Å². The van der Waals surface area contributed by atoms with Crippen LogP contribution < -0.4 is 10.6 Å². The molecular weight excluding hydrogens is 254 g/mol. The van der Waals surface area contributed by atoms with Gasteiger partial charge in [-0.1, -0.05) is 13.3 Å². The lowest BCUT2D eigenvalue weighted by molar-refractivity contribution is 0.143. The highest BCUT2D eigenvalue weighted by Gasteiger charge is 2.24. The lowest BCUT2D eigenvalue weighted by Gasteiger charge is -2.33. The Hall–Kier alpha value is -1.49. The zero-order valence-corrected chi connectivity index (χ0v) is 12.2. The Morgan fingerprint density at radius 2 is 2.15 bits per heavy atom. The summed E-state index contributed by atoms with van der Waals surface area (Å²) in [6, 6.07) is 3.94. The van der Waals surface area contributed by atoms with Crippen molar-refractivity contribution in [3.63, 3.8) is 0 Å². The van der Waals surface area contributed by atoms with E-state index in [0.29, 0.717) is 13.1 Å². The first-order valence-electron chi connectivity index (χ1n) is 7.60. The van der Waals surface area contributed by atoms with E-state index in [1.807, 2.05) is 19.1 Å². The first kappa shape index (κ1) is 14.9. The summed E-state index contributed by atoms with van der Waals surface area (Å²) in [7, 11) is 0. The predicted molar refractivity (Wildman–Crippen MR) is 78.6 cm³/mol. The number of carbonyl (C=O) groups excluding carboxylic acids is 1. The Bertz CT molecular complexity index is 386. The minimum absolute atomic E-state index is 0.0968. The topological polar surface area (TPSA) is 57.5 Å². The molecule has 0 aromatic carbocycles. The Morgan fingerprint density at radius 1 is 1.35 bits per heavy atom. The number of furan rings is 1. The van der Waals surface area contributed by atoms with E-state index in [0.717, 1.165) is 25.3 Å². The fourth-order valence-corrected chi connectivity index (χ4v) is 2.61. The lowest BCUT2D eigenvalue weighted by Crippen LogP contribution is -2.43. The summed E-state index contributed by atoms with van der Waals surface area (Å²) in [4.78, 5) is 14.1. The third-order valence-corrected chi connectivity index (χ3v) is 3.69. The standard InChI is InChI=1S/C15H25N3O2/c1-2-8-16-15(19)17-12-13(14-7-6-11-20-14)18-9-4-3-5-10-18/h6-7,11,13H,2-5,8-10,12H2,1H3,(H2,16,17,19). The quantitative estimate of drug-likeness (QED) is 0.841. The van der Waals surface area contributed by atoms with Crippen molar-refractivity contribution in [2.45, 2.75) is 38.6 Å². The highest BCUT2D eigenvalue weighted by atomic mass is 16.3. The Morgan fingerprint density at radius 3 is 2.80 bits per heavy atom. The number of piperidine rings is 1. The number of amides is 2. The van der Waals surface area contributed by atoms with E-state index in [1.54, 1.807) is 6.26 Å². The molecule has 1 aromatic heterocycles. The van der Waals surface area contributed by atoms with Gasteiger partial charge < -0.3 is 15.1 Å². The molecule has 112 valence electrons. The minimum atomic E-state index is -0.0968. The van der Waals surface area contributed by atoms with Gasteiger partial charge in [-0.25, -0.2) is 4.79 Å². The third kappa shape index (κ3) is 4.27. The third-order valence-electron chi connectivity index (χ3n) is 3.69. The van der Waals surface area contributed by atoms with Gasteiger partial charge in [-0.05, 0) is 44.5 Å². The second kappa shape index (κ2) is 7.94. The van der Waals surface area contributed by atoms with E-state index >= 15 is 0 Å². The van der Waals surface area contributed by atoms with Crippen LogP contribution in [-0.4, -0.2) is 37.1 Å². The summed E-state index contributed by atoms with van der Waals surface area (Å²) in [6.45, 7) is 5.48. The number of likely N-dealkylation sites (tertiary alicyclic amines) is 1. The Labute approximate surface area is 120 Å². The van der Waals surface area contributed by atoms with Crippen LogP contribution in [0.3, 0.4) is 0 Å². The second-order valence-electron chi connectivity index (χ2n) is 5.26. The molecule has 2 rings (SSSR count). The monoisotopic (exact) mass is 279 g/mol. The van der Waals surface area contributed by atoms with Crippen LogP contribution in [-0.2, 0) is 0 Å². The maximum absolute atomic E-state index is 11.7. The summed E-state index contributed by atoms with van der Waals surface area (Å²) in [5.74, 6) is 0.933. The van der Waals surface area contributed by atoms with Crippen molar-refractivity contribution in [3.05, 3.63) is 24.2 Å². The summed E-state index contributed by atoms with van der Waals surface area (Å²) < 4.78 is 5.55. The van der Waals surface area contributed by atoms with Crippen molar-refractivity contribution in [1.82, 2.24) is 15.5 Å².